The highest BCUT2D eigenvalue weighted by molar-refractivity contribution is 9.10. The van der Waals surface area contributed by atoms with Gasteiger partial charge in [-0.15, -0.1) is 0 Å². The molecule has 0 aliphatic carbocycles. The molecule has 1 fully saturated rings. The number of rotatable bonds is 6. The molecular weight excluding hydrogens is 332 g/mol. The summed E-state index contributed by atoms with van der Waals surface area (Å²) in [6, 6.07) is 8.77. The van der Waals surface area contributed by atoms with Gasteiger partial charge in [0.1, 0.15) is 18.5 Å². The predicted octanol–water partition coefficient (Wildman–Crippen LogP) is 2.26. The average Bonchev–Trinajstić information content (AvgIpc) is 2.46. The normalized spacial score (nSPS) is 24.8. The van der Waals surface area contributed by atoms with Crippen LogP contribution < -0.4 is 10.1 Å². The molecule has 1 heterocycles. The molecule has 1 aromatic carbocycles. The molecule has 0 spiro atoms. The Hall–Kier alpha value is -0.620. The molecule has 0 saturated carbocycles. The van der Waals surface area contributed by atoms with Gasteiger partial charge in [0.05, 0.1) is 0 Å². The quantitative estimate of drug-likeness (QED) is 0.820. The van der Waals surface area contributed by atoms with Gasteiger partial charge in [-0.2, -0.15) is 0 Å². The minimum atomic E-state index is -0.487. The Labute approximate surface area is 135 Å². The van der Waals surface area contributed by atoms with Crippen LogP contribution in [-0.4, -0.2) is 54.9 Å². The van der Waals surface area contributed by atoms with Gasteiger partial charge < -0.3 is 20.1 Å². The van der Waals surface area contributed by atoms with Gasteiger partial charge in [0.25, 0.3) is 0 Å². The zero-order valence-corrected chi connectivity index (χ0v) is 14.3. The number of piperidine rings is 1. The average molecular weight is 357 g/mol. The Morgan fingerprint density at radius 1 is 1.52 bits per heavy atom. The Bertz CT molecular complexity index is 444. The van der Waals surface area contributed by atoms with E-state index in [1.165, 1.54) is 0 Å². The van der Waals surface area contributed by atoms with Crippen molar-refractivity contribution in [3.63, 3.8) is 0 Å². The number of aliphatic hydroxyl groups excluding tert-OH is 1. The van der Waals surface area contributed by atoms with Crippen LogP contribution in [0.1, 0.15) is 19.8 Å². The number of nitrogens with zero attached hydrogens (tertiary/aromatic N) is 1. The van der Waals surface area contributed by atoms with Gasteiger partial charge in [-0.05, 0) is 51.6 Å². The summed E-state index contributed by atoms with van der Waals surface area (Å²) in [6.45, 7) is 4.25. The first-order valence-electron chi connectivity index (χ1n) is 7.54. The summed E-state index contributed by atoms with van der Waals surface area (Å²) in [5.41, 5.74) is 0. The number of benzene rings is 1. The van der Waals surface area contributed by atoms with E-state index in [1.807, 2.05) is 24.3 Å². The summed E-state index contributed by atoms with van der Waals surface area (Å²) >= 11 is 3.40. The molecule has 1 saturated heterocycles. The van der Waals surface area contributed by atoms with Crippen LogP contribution in [0.5, 0.6) is 5.75 Å². The van der Waals surface area contributed by atoms with E-state index in [0.717, 1.165) is 29.6 Å². The summed E-state index contributed by atoms with van der Waals surface area (Å²) in [6.07, 6.45) is 1.79. The number of likely N-dealkylation sites (tertiary alicyclic amines) is 1. The summed E-state index contributed by atoms with van der Waals surface area (Å²) in [5.74, 6) is 0.774. The van der Waals surface area contributed by atoms with Crippen molar-refractivity contribution in [2.45, 2.75) is 38.0 Å². The van der Waals surface area contributed by atoms with Gasteiger partial charge in [-0.3, -0.25) is 0 Å². The second-order valence-corrected chi connectivity index (χ2v) is 6.80. The molecule has 0 amide bonds. The first kappa shape index (κ1) is 16.7. The maximum atomic E-state index is 10.0. The van der Waals surface area contributed by atoms with Gasteiger partial charge in [-0.1, -0.05) is 22.0 Å². The van der Waals surface area contributed by atoms with E-state index in [2.05, 4.69) is 40.1 Å². The monoisotopic (exact) mass is 356 g/mol. The molecule has 3 unspecified atom stereocenters. The maximum Gasteiger partial charge on any atom is 0.120 e. The first-order chi connectivity index (χ1) is 10.0. The molecule has 0 aromatic heterocycles. The van der Waals surface area contributed by atoms with Crippen molar-refractivity contribution in [1.82, 2.24) is 10.2 Å². The molecule has 118 valence electrons. The topological polar surface area (TPSA) is 44.7 Å². The second-order valence-electron chi connectivity index (χ2n) is 5.88. The van der Waals surface area contributed by atoms with E-state index in [-0.39, 0.29) is 0 Å². The van der Waals surface area contributed by atoms with E-state index in [9.17, 15) is 5.11 Å². The molecular formula is C16H25BrN2O2. The van der Waals surface area contributed by atoms with Gasteiger partial charge in [0, 0.05) is 23.1 Å². The molecule has 1 aromatic rings. The fourth-order valence-corrected chi connectivity index (χ4v) is 2.96. The van der Waals surface area contributed by atoms with Crippen molar-refractivity contribution < 1.29 is 9.84 Å². The Morgan fingerprint density at radius 2 is 2.33 bits per heavy atom. The summed E-state index contributed by atoms with van der Waals surface area (Å²) in [4.78, 5) is 2.38. The number of hydrogen-bond acceptors (Lipinski definition) is 4. The van der Waals surface area contributed by atoms with Crippen LogP contribution >= 0.6 is 15.9 Å². The molecule has 1 aliphatic rings. The third kappa shape index (κ3) is 5.58. The molecule has 2 N–H and O–H groups in total. The lowest BCUT2D eigenvalue weighted by Gasteiger charge is -2.35. The number of aliphatic hydroxyl groups is 1. The van der Waals surface area contributed by atoms with Crippen LogP contribution in [0.2, 0.25) is 0 Å². The molecule has 1 aliphatic heterocycles. The van der Waals surface area contributed by atoms with Crippen molar-refractivity contribution in [3.05, 3.63) is 28.7 Å². The van der Waals surface area contributed by atoms with Crippen LogP contribution in [0, 0.1) is 0 Å². The fraction of sp³-hybridized carbons (Fsp3) is 0.625. The molecule has 0 radical (unpaired) electrons. The highest BCUT2D eigenvalue weighted by atomic mass is 79.9. The van der Waals surface area contributed by atoms with E-state index < -0.39 is 6.10 Å². The molecule has 21 heavy (non-hydrogen) atoms. The van der Waals surface area contributed by atoms with Crippen molar-refractivity contribution in [1.29, 1.82) is 0 Å². The van der Waals surface area contributed by atoms with Gasteiger partial charge in [0.15, 0.2) is 0 Å². The van der Waals surface area contributed by atoms with E-state index in [4.69, 9.17) is 4.74 Å². The molecule has 0 bridgehead atoms. The van der Waals surface area contributed by atoms with Crippen molar-refractivity contribution in [2.24, 2.45) is 0 Å². The van der Waals surface area contributed by atoms with Crippen LogP contribution in [0.25, 0.3) is 0 Å². The smallest absolute Gasteiger partial charge is 0.120 e. The van der Waals surface area contributed by atoms with Crippen LogP contribution in [0.3, 0.4) is 0 Å². The molecule has 4 nitrogen and oxygen atoms in total. The lowest BCUT2D eigenvalue weighted by atomic mass is 9.99. The number of halogens is 1. The third-order valence-corrected chi connectivity index (χ3v) is 4.58. The van der Waals surface area contributed by atoms with Crippen molar-refractivity contribution in [2.75, 3.05) is 26.7 Å². The van der Waals surface area contributed by atoms with Crippen LogP contribution in [0.4, 0.5) is 0 Å². The van der Waals surface area contributed by atoms with Crippen LogP contribution in [-0.2, 0) is 0 Å². The van der Waals surface area contributed by atoms with Gasteiger partial charge in [0.2, 0.25) is 0 Å². The van der Waals surface area contributed by atoms with Crippen LogP contribution in [0.15, 0.2) is 28.7 Å². The summed E-state index contributed by atoms with van der Waals surface area (Å²) < 4.78 is 6.58. The Kier molecular flexibility index (Phi) is 6.48. The largest absolute Gasteiger partial charge is 0.491 e. The number of nitrogens with one attached hydrogen (secondary N) is 1. The predicted molar refractivity (Wildman–Crippen MR) is 88.8 cm³/mol. The van der Waals surface area contributed by atoms with Gasteiger partial charge >= 0.3 is 0 Å². The molecule has 3 atom stereocenters. The standard InChI is InChI=1S/C16H25BrN2O2/c1-12-8-14(6-7-19(12)2)18-10-15(20)11-21-16-5-3-4-13(17)9-16/h3-5,9,12,14-15,18,20H,6-8,10-11H2,1-2H3. The summed E-state index contributed by atoms with van der Waals surface area (Å²) in [7, 11) is 2.17. The highest BCUT2D eigenvalue weighted by Crippen LogP contribution is 2.18. The highest BCUT2D eigenvalue weighted by Gasteiger charge is 2.22. The van der Waals surface area contributed by atoms with Gasteiger partial charge in [-0.25, -0.2) is 0 Å². The fourth-order valence-electron chi connectivity index (χ4n) is 2.59. The maximum absolute atomic E-state index is 10.0. The Morgan fingerprint density at radius 3 is 3.05 bits per heavy atom. The number of hydrogen-bond donors (Lipinski definition) is 2. The minimum Gasteiger partial charge on any atom is -0.491 e. The van der Waals surface area contributed by atoms with Crippen molar-refractivity contribution >= 4 is 15.9 Å². The Balaban J connectivity index is 1.67. The van der Waals surface area contributed by atoms with E-state index in [0.29, 0.717) is 25.2 Å². The lowest BCUT2D eigenvalue weighted by Crippen LogP contribution is -2.47. The first-order valence-corrected chi connectivity index (χ1v) is 8.34. The SMILES string of the molecule is CC1CC(NCC(O)COc2cccc(Br)c2)CCN1C. The second kappa shape index (κ2) is 8.13. The molecule has 2 rings (SSSR count). The van der Waals surface area contributed by atoms with Crippen molar-refractivity contribution in [3.8, 4) is 5.75 Å². The number of ether oxygens (including phenoxy) is 1. The zero-order valence-electron chi connectivity index (χ0n) is 12.8. The minimum absolute atomic E-state index is 0.311. The molecule has 5 heteroatoms. The lowest BCUT2D eigenvalue weighted by molar-refractivity contribution is 0.0953. The van der Waals surface area contributed by atoms with E-state index >= 15 is 0 Å². The zero-order chi connectivity index (χ0) is 15.2. The summed E-state index contributed by atoms with van der Waals surface area (Å²) in [5, 5.41) is 13.5. The van der Waals surface area contributed by atoms with E-state index in [1.54, 1.807) is 0 Å². The third-order valence-electron chi connectivity index (χ3n) is 4.09.